The smallest absolute Gasteiger partial charge is 0.262 e. The first-order chi connectivity index (χ1) is 8.73. The molecule has 5 nitrogen and oxygen atoms in total. The average molecular weight is 248 g/mol. The monoisotopic (exact) mass is 248 g/mol. The fraction of sp³-hybridized carbons (Fsp3) is 0.462. The largest absolute Gasteiger partial charge is 0.482 e. The van der Waals surface area contributed by atoms with Gasteiger partial charge in [-0.25, -0.2) is 0 Å². The van der Waals surface area contributed by atoms with E-state index in [2.05, 4.69) is 5.32 Å². The van der Waals surface area contributed by atoms with Crippen molar-refractivity contribution < 1.29 is 14.3 Å². The molecule has 3 N–H and O–H groups in total. The third kappa shape index (κ3) is 1.76. The first kappa shape index (κ1) is 11.5. The summed E-state index contributed by atoms with van der Waals surface area (Å²) in [5.74, 6) is 0.610. The summed E-state index contributed by atoms with van der Waals surface area (Å²) < 4.78 is 10.7. The highest BCUT2D eigenvalue weighted by atomic mass is 16.5. The Morgan fingerprint density at radius 3 is 2.89 bits per heavy atom. The van der Waals surface area contributed by atoms with Gasteiger partial charge in [0.05, 0.1) is 18.9 Å². The summed E-state index contributed by atoms with van der Waals surface area (Å²) >= 11 is 0. The van der Waals surface area contributed by atoms with Crippen LogP contribution in [0, 0.1) is 0 Å². The molecule has 0 saturated carbocycles. The van der Waals surface area contributed by atoms with Crippen LogP contribution in [-0.2, 0) is 14.9 Å². The van der Waals surface area contributed by atoms with E-state index < -0.39 is 0 Å². The maximum atomic E-state index is 11.3. The quantitative estimate of drug-likeness (QED) is 0.823. The van der Waals surface area contributed by atoms with Gasteiger partial charge >= 0.3 is 0 Å². The number of hydrogen-bond donors (Lipinski definition) is 2. The van der Waals surface area contributed by atoms with Crippen LogP contribution in [0.15, 0.2) is 18.2 Å². The van der Waals surface area contributed by atoms with Crippen LogP contribution >= 0.6 is 0 Å². The molecule has 2 heterocycles. The van der Waals surface area contributed by atoms with E-state index in [0.717, 1.165) is 23.4 Å². The fourth-order valence-corrected chi connectivity index (χ4v) is 2.49. The topological polar surface area (TPSA) is 73.6 Å². The van der Waals surface area contributed by atoms with Crippen LogP contribution < -0.4 is 15.8 Å². The first-order valence-electron chi connectivity index (χ1n) is 6.08. The summed E-state index contributed by atoms with van der Waals surface area (Å²) in [5, 5.41) is 2.83. The Morgan fingerprint density at radius 1 is 1.39 bits per heavy atom. The van der Waals surface area contributed by atoms with Crippen molar-refractivity contribution in [2.75, 3.05) is 31.7 Å². The van der Waals surface area contributed by atoms with Gasteiger partial charge in [-0.3, -0.25) is 4.79 Å². The Balaban J connectivity index is 1.93. The molecule has 1 aromatic carbocycles. The number of benzene rings is 1. The van der Waals surface area contributed by atoms with Crippen molar-refractivity contribution in [2.24, 2.45) is 5.73 Å². The second kappa shape index (κ2) is 4.26. The molecule has 96 valence electrons. The van der Waals surface area contributed by atoms with Crippen LogP contribution in [0.2, 0.25) is 0 Å². The van der Waals surface area contributed by atoms with Crippen molar-refractivity contribution >= 4 is 11.6 Å². The zero-order chi connectivity index (χ0) is 12.6. The number of anilines is 1. The predicted octanol–water partition coefficient (Wildman–Crippen LogP) is 0.634. The zero-order valence-corrected chi connectivity index (χ0v) is 10.1. The van der Waals surface area contributed by atoms with E-state index in [1.807, 2.05) is 18.2 Å². The van der Waals surface area contributed by atoms with E-state index in [-0.39, 0.29) is 17.9 Å². The lowest BCUT2D eigenvalue weighted by Crippen LogP contribution is -2.48. The Bertz CT molecular complexity index is 483. The molecule has 5 heteroatoms. The van der Waals surface area contributed by atoms with Gasteiger partial charge < -0.3 is 20.5 Å². The van der Waals surface area contributed by atoms with Crippen LogP contribution in [0.5, 0.6) is 5.75 Å². The van der Waals surface area contributed by atoms with Gasteiger partial charge in [0.25, 0.3) is 5.91 Å². The van der Waals surface area contributed by atoms with Gasteiger partial charge in [-0.15, -0.1) is 0 Å². The lowest BCUT2D eigenvalue weighted by molar-refractivity contribution is -0.118. The second-order valence-electron chi connectivity index (χ2n) is 4.86. The first-order valence-corrected chi connectivity index (χ1v) is 6.08. The van der Waals surface area contributed by atoms with E-state index in [1.54, 1.807) is 0 Å². The van der Waals surface area contributed by atoms with Crippen LogP contribution in [0.1, 0.15) is 12.0 Å². The van der Waals surface area contributed by atoms with Crippen molar-refractivity contribution in [3.05, 3.63) is 23.8 Å². The van der Waals surface area contributed by atoms with E-state index in [0.29, 0.717) is 19.8 Å². The molecule has 1 fully saturated rings. The van der Waals surface area contributed by atoms with Gasteiger partial charge in [0.15, 0.2) is 6.61 Å². The molecule has 1 aromatic rings. The number of carbonyl (C=O) groups excluding carboxylic acids is 1. The van der Waals surface area contributed by atoms with Crippen LogP contribution in [0.25, 0.3) is 0 Å². The standard InChI is InChI=1S/C13H16N2O3/c14-4-3-13(7-17-8-13)9-1-2-11-10(5-9)15-12(16)6-18-11/h1-2,5H,3-4,6-8,14H2,(H,15,16). The summed E-state index contributed by atoms with van der Waals surface area (Å²) in [6.07, 6.45) is 0.889. The third-order valence-electron chi connectivity index (χ3n) is 3.60. The molecule has 3 rings (SSSR count). The number of rotatable bonds is 3. The highest BCUT2D eigenvalue weighted by Gasteiger charge is 2.40. The number of hydrogen-bond acceptors (Lipinski definition) is 4. The fourth-order valence-electron chi connectivity index (χ4n) is 2.49. The molecule has 1 amide bonds. The number of carbonyl (C=O) groups is 1. The van der Waals surface area contributed by atoms with Gasteiger partial charge in [0, 0.05) is 5.41 Å². The van der Waals surface area contributed by atoms with Crippen molar-refractivity contribution in [3.8, 4) is 5.75 Å². The van der Waals surface area contributed by atoms with E-state index in [9.17, 15) is 4.79 Å². The maximum Gasteiger partial charge on any atom is 0.262 e. The molecular weight excluding hydrogens is 232 g/mol. The molecule has 0 bridgehead atoms. The normalized spacial score (nSPS) is 20.4. The predicted molar refractivity (Wildman–Crippen MR) is 66.7 cm³/mol. The number of nitrogens with one attached hydrogen (secondary N) is 1. The van der Waals surface area contributed by atoms with Gasteiger partial charge in [0.1, 0.15) is 5.75 Å². The summed E-state index contributed by atoms with van der Waals surface area (Å²) in [7, 11) is 0. The van der Waals surface area contributed by atoms with E-state index in [1.165, 1.54) is 0 Å². The van der Waals surface area contributed by atoms with Crippen molar-refractivity contribution in [1.29, 1.82) is 0 Å². The van der Waals surface area contributed by atoms with E-state index >= 15 is 0 Å². The third-order valence-corrected chi connectivity index (χ3v) is 3.60. The summed E-state index contributed by atoms with van der Waals surface area (Å²) in [6.45, 7) is 2.10. The molecule has 2 aliphatic heterocycles. The number of nitrogens with two attached hydrogens (primary N) is 1. The molecule has 0 unspecified atom stereocenters. The maximum absolute atomic E-state index is 11.3. The Kier molecular flexibility index (Phi) is 2.72. The lowest BCUT2D eigenvalue weighted by atomic mass is 9.75. The summed E-state index contributed by atoms with van der Waals surface area (Å²) in [6, 6.07) is 5.92. The van der Waals surface area contributed by atoms with Crippen LogP contribution in [-0.4, -0.2) is 32.3 Å². The van der Waals surface area contributed by atoms with Crippen LogP contribution in [0.4, 0.5) is 5.69 Å². The minimum atomic E-state index is -0.114. The Morgan fingerprint density at radius 2 is 2.22 bits per heavy atom. The van der Waals surface area contributed by atoms with Gasteiger partial charge in [0.2, 0.25) is 0 Å². The van der Waals surface area contributed by atoms with Crippen molar-refractivity contribution in [1.82, 2.24) is 0 Å². The van der Waals surface area contributed by atoms with Gasteiger partial charge in [-0.1, -0.05) is 6.07 Å². The molecule has 0 spiro atoms. The highest BCUT2D eigenvalue weighted by molar-refractivity contribution is 5.95. The molecule has 2 aliphatic rings. The summed E-state index contributed by atoms with van der Waals surface area (Å²) in [5.41, 5.74) is 7.58. The molecule has 18 heavy (non-hydrogen) atoms. The lowest BCUT2D eigenvalue weighted by Gasteiger charge is -2.42. The molecular formula is C13H16N2O3. The molecule has 0 aliphatic carbocycles. The highest BCUT2D eigenvalue weighted by Crippen LogP contribution is 2.39. The minimum Gasteiger partial charge on any atom is -0.482 e. The van der Waals surface area contributed by atoms with E-state index in [4.69, 9.17) is 15.2 Å². The Hall–Kier alpha value is -1.59. The molecule has 1 saturated heterocycles. The minimum absolute atomic E-state index is 0.00591. The number of fused-ring (bicyclic) bond motifs is 1. The molecule has 0 atom stereocenters. The van der Waals surface area contributed by atoms with Crippen molar-refractivity contribution in [2.45, 2.75) is 11.8 Å². The summed E-state index contributed by atoms with van der Waals surface area (Å²) in [4.78, 5) is 11.3. The number of ether oxygens (including phenoxy) is 2. The SMILES string of the molecule is NCCC1(c2ccc3c(c2)NC(=O)CO3)COC1. The second-order valence-corrected chi connectivity index (χ2v) is 4.86. The van der Waals surface area contributed by atoms with Gasteiger partial charge in [-0.2, -0.15) is 0 Å². The average Bonchev–Trinajstić information content (AvgIpc) is 2.33. The number of amides is 1. The van der Waals surface area contributed by atoms with Gasteiger partial charge in [-0.05, 0) is 30.7 Å². The molecule has 0 radical (unpaired) electrons. The Labute approximate surface area is 105 Å². The van der Waals surface area contributed by atoms with Crippen molar-refractivity contribution in [3.63, 3.8) is 0 Å². The zero-order valence-electron chi connectivity index (χ0n) is 10.1. The molecule has 0 aromatic heterocycles. The van der Waals surface area contributed by atoms with Crippen LogP contribution in [0.3, 0.4) is 0 Å².